The average Bonchev–Trinajstić information content (AvgIpc) is 3.46. The zero-order chi connectivity index (χ0) is 36.2. The largest absolute Gasteiger partial charge is 0.508 e. The van der Waals surface area contributed by atoms with Crippen molar-refractivity contribution in [2.24, 2.45) is 11.7 Å². The van der Waals surface area contributed by atoms with E-state index in [0.717, 1.165) is 16.5 Å². The van der Waals surface area contributed by atoms with Crippen molar-refractivity contribution in [3.8, 4) is 5.75 Å². The van der Waals surface area contributed by atoms with Crippen LogP contribution in [0.1, 0.15) is 38.3 Å². The van der Waals surface area contributed by atoms with Gasteiger partial charge in [-0.15, -0.1) is 0 Å². The van der Waals surface area contributed by atoms with Gasteiger partial charge in [0, 0.05) is 23.5 Å². The van der Waals surface area contributed by atoms with Crippen LogP contribution in [-0.4, -0.2) is 98.2 Å². The summed E-state index contributed by atoms with van der Waals surface area (Å²) in [5.41, 5.74) is 8.55. The third-order valence-electron chi connectivity index (χ3n) is 8.00. The second kappa shape index (κ2) is 18.2. The Bertz CT molecular complexity index is 1590. The van der Waals surface area contributed by atoms with Crippen LogP contribution in [0.25, 0.3) is 10.9 Å². The molecule has 15 heteroatoms. The number of H-pyrrole nitrogens is 1. The Kier molecular flexibility index (Phi) is 14.5. The molecule has 3 aromatic rings. The van der Waals surface area contributed by atoms with Crippen molar-refractivity contribution in [1.29, 1.82) is 0 Å². The molecule has 0 aliphatic carbocycles. The molecule has 0 radical (unpaired) electrons. The number of para-hydroxylation sites is 1. The van der Waals surface area contributed by atoms with E-state index in [2.05, 4.69) is 26.3 Å². The first-order chi connectivity index (χ1) is 23.2. The van der Waals surface area contributed by atoms with E-state index in [1.807, 2.05) is 24.3 Å². The highest BCUT2D eigenvalue weighted by molar-refractivity contribution is 7.98. The minimum absolute atomic E-state index is 0.00325. The van der Waals surface area contributed by atoms with Gasteiger partial charge in [0.15, 0.2) is 0 Å². The number of nitrogens with one attached hydrogen (secondary N) is 5. The molecule has 0 unspecified atom stereocenters. The van der Waals surface area contributed by atoms with Crippen LogP contribution in [0.5, 0.6) is 5.75 Å². The topological polar surface area (TPSA) is 236 Å². The second-order valence-electron chi connectivity index (χ2n) is 12.2. The van der Waals surface area contributed by atoms with Gasteiger partial charge in [0.25, 0.3) is 0 Å². The van der Waals surface area contributed by atoms with Crippen molar-refractivity contribution in [2.45, 2.75) is 76.3 Å². The highest BCUT2D eigenvalue weighted by Gasteiger charge is 2.34. The first-order valence-corrected chi connectivity index (χ1v) is 17.3. The Hall–Kier alpha value is -4.60. The zero-order valence-electron chi connectivity index (χ0n) is 27.9. The molecule has 2 aromatic carbocycles. The third kappa shape index (κ3) is 11.2. The van der Waals surface area contributed by atoms with Crippen LogP contribution in [0, 0.1) is 5.92 Å². The Balaban J connectivity index is 1.79. The van der Waals surface area contributed by atoms with E-state index in [9.17, 15) is 39.3 Å². The maximum absolute atomic E-state index is 13.7. The zero-order valence-corrected chi connectivity index (χ0v) is 28.8. The molecule has 14 nitrogen and oxygen atoms in total. The monoisotopic (exact) mass is 698 g/mol. The molecule has 0 saturated heterocycles. The lowest BCUT2D eigenvalue weighted by molar-refractivity contribution is -0.143. The maximum Gasteiger partial charge on any atom is 0.326 e. The number of fused-ring (bicyclic) bond motifs is 1. The number of aromatic amines is 1. The Morgan fingerprint density at radius 3 is 2.04 bits per heavy atom. The standard InChI is InChI=1S/C34H46N6O8S/c1-18(2)28(34(47)48)39-31(44)26(13-14-49-4)37-33(46)29(19(3)41)40-32(45)27(15-20-9-11-22(42)12-10-20)38-30(43)24(35)16-21-17-36-25-8-6-5-7-23(21)25/h5-12,17-19,24,26-29,36,41-42H,13-16,35H2,1-4H3,(H,37,46)(H,38,43)(H,39,44)(H,40,45)(H,47,48)/t19-,24+,26+,27+,28+,29+/m1/s1. The maximum atomic E-state index is 13.7. The van der Waals surface area contributed by atoms with Crippen molar-refractivity contribution in [1.82, 2.24) is 26.3 Å². The summed E-state index contributed by atoms with van der Waals surface area (Å²) in [6.45, 7) is 4.55. The molecule has 3 rings (SSSR count). The van der Waals surface area contributed by atoms with Gasteiger partial charge in [-0.25, -0.2) is 4.79 Å². The minimum atomic E-state index is -1.54. The van der Waals surface area contributed by atoms with E-state index in [1.165, 1.54) is 30.8 Å². The Morgan fingerprint density at radius 2 is 1.43 bits per heavy atom. The van der Waals surface area contributed by atoms with E-state index >= 15 is 0 Å². The van der Waals surface area contributed by atoms with Gasteiger partial charge in [0.05, 0.1) is 12.1 Å². The van der Waals surface area contributed by atoms with Gasteiger partial charge < -0.3 is 47.3 Å². The number of thioether (sulfide) groups is 1. The second-order valence-corrected chi connectivity index (χ2v) is 13.2. The van der Waals surface area contributed by atoms with E-state index < -0.39 is 71.8 Å². The number of aliphatic hydroxyl groups is 1. The molecule has 0 fully saturated rings. The molecule has 0 bridgehead atoms. The van der Waals surface area contributed by atoms with Gasteiger partial charge in [-0.1, -0.05) is 44.2 Å². The number of hydrogen-bond donors (Lipinski definition) is 9. The van der Waals surface area contributed by atoms with Crippen molar-refractivity contribution in [3.05, 3.63) is 65.9 Å². The number of carbonyl (C=O) groups excluding carboxylic acids is 4. The fourth-order valence-corrected chi connectivity index (χ4v) is 5.65. The number of hydrogen-bond acceptors (Lipinski definition) is 9. The number of aliphatic hydroxyl groups excluding tert-OH is 1. The quantitative estimate of drug-likeness (QED) is 0.0906. The highest BCUT2D eigenvalue weighted by atomic mass is 32.2. The van der Waals surface area contributed by atoms with Crippen molar-refractivity contribution >= 4 is 52.3 Å². The third-order valence-corrected chi connectivity index (χ3v) is 8.64. The SMILES string of the molecule is CSCC[C@H](NC(=O)[C@@H](NC(=O)[C@H](Cc1ccc(O)cc1)NC(=O)[C@@H](N)Cc1c[nH]c2ccccc12)[C@@H](C)O)C(=O)N[C@H](C(=O)O)C(C)C. The average molecular weight is 699 g/mol. The molecular formula is C34H46N6O8S. The summed E-state index contributed by atoms with van der Waals surface area (Å²) in [7, 11) is 0. The number of aromatic nitrogens is 1. The number of phenols is 1. The lowest BCUT2D eigenvalue weighted by Crippen LogP contribution is -2.61. The number of benzene rings is 2. The number of nitrogens with two attached hydrogens (primary N) is 1. The summed E-state index contributed by atoms with van der Waals surface area (Å²) in [6.07, 6.45) is 2.42. The number of phenolic OH excluding ortho intramolecular Hbond substituents is 1. The van der Waals surface area contributed by atoms with Gasteiger partial charge in [-0.2, -0.15) is 11.8 Å². The summed E-state index contributed by atoms with van der Waals surface area (Å²) in [5.74, 6) is -4.25. The van der Waals surface area contributed by atoms with Gasteiger partial charge in [-0.05, 0) is 67.0 Å². The molecule has 0 saturated carbocycles. The number of aliphatic carboxylic acids is 1. The lowest BCUT2D eigenvalue weighted by atomic mass is 10.0. The van der Waals surface area contributed by atoms with Gasteiger partial charge >= 0.3 is 5.97 Å². The van der Waals surface area contributed by atoms with Crippen LogP contribution in [-0.2, 0) is 36.8 Å². The highest BCUT2D eigenvalue weighted by Crippen LogP contribution is 2.19. The fraction of sp³-hybridized carbons (Fsp3) is 0.441. The van der Waals surface area contributed by atoms with Crippen LogP contribution in [0.15, 0.2) is 54.7 Å². The first kappa shape index (κ1) is 38.8. The van der Waals surface area contributed by atoms with Gasteiger partial charge in [0.1, 0.15) is 29.9 Å². The van der Waals surface area contributed by atoms with Crippen LogP contribution < -0.4 is 27.0 Å². The number of amides is 4. The molecular weight excluding hydrogens is 652 g/mol. The summed E-state index contributed by atoms with van der Waals surface area (Å²) >= 11 is 1.41. The molecule has 0 aliphatic rings. The lowest BCUT2D eigenvalue weighted by Gasteiger charge is -2.28. The van der Waals surface area contributed by atoms with Crippen LogP contribution in [0.4, 0.5) is 0 Å². The molecule has 0 aliphatic heterocycles. The number of rotatable bonds is 18. The number of carbonyl (C=O) groups is 5. The summed E-state index contributed by atoms with van der Waals surface area (Å²) < 4.78 is 0. The molecule has 1 heterocycles. The number of aromatic hydroxyl groups is 1. The molecule has 49 heavy (non-hydrogen) atoms. The van der Waals surface area contributed by atoms with Crippen molar-refractivity contribution in [3.63, 3.8) is 0 Å². The van der Waals surface area contributed by atoms with Crippen molar-refractivity contribution < 1.29 is 39.3 Å². The van der Waals surface area contributed by atoms with Crippen molar-refractivity contribution in [2.75, 3.05) is 12.0 Å². The smallest absolute Gasteiger partial charge is 0.326 e. The summed E-state index contributed by atoms with van der Waals surface area (Å²) in [6, 6.07) is 7.35. The molecule has 1 aromatic heterocycles. The van der Waals surface area contributed by atoms with Crippen LogP contribution in [0.2, 0.25) is 0 Å². The van der Waals surface area contributed by atoms with Crippen LogP contribution in [0.3, 0.4) is 0 Å². The molecule has 6 atom stereocenters. The molecule has 266 valence electrons. The van der Waals surface area contributed by atoms with Gasteiger partial charge in [-0.3, -0.25) is 19.2 Å². The number of carboxylic acid groups (broad SMARTS) is 1. The summed E-state index contributed by atoms with van der Waals surface area (Å²) in [4.78, 5) is 68.4. The Morgan fingerprint density at radius 1 is 0.816 bits per heavy atom. The molecule has 10 N–H and O–H groups in total. The predicted molar refractivity (Wildman–Crippen MR) is 187 cm³/mol. The van der Waals surface area contributed by atoms with Gasteiger partial charge in [0.2, 0.25) is 23.6 Å². The van der Waals surface area contributed by atoms with E-state index in [1.54, 1.807) is 38.4 Å². The van der Waals surface area contributed by atoms with E-state index in [-0.39, 0.29) is 25.0 Å². The molecule has 4 amide bonds. The normalized spacial score (nSPS) is 15.0. The molecule has 0 spiro atoms. The van der Waals surface area contributed by atoms with E-state index in [0.29, 0.717) is 11.3 Å². The van der Waals surface area contributed by atoms with E-state index in [4.69, 9.17) is 5.73 Å². The van der Waals surface area contributed by atoms with Crippen LogP contribution >= 0.6 is 11.8 Å². The fourth-order valence-electron chi connectivity index (χ4n) is 5.18. The Labute approximate surface area is 289 Å². The first-order valence-electron chi connectivity index (χ1n) is 15.9. The predicted octanol–water partition coefficient (Wildman–Crippen LogP) is 0.800. The number of carboxylic acids is 1. The minimum Gasteiger partial charge on any atom is -0.508 e. The summed E-state index contributed by atoms with van der Waals surface area (Å²) in [5, 5.41) is 40.9.